The summed E-state index contributed by atoms with van der Waals surface area (Å²) in [4.78, 5) is 30.4. The van der Waals surface area contributed by atoms with Gasteiger partial charge in [0.05, 0.1) is 24.3 Å². The summed E-state index contributed by atoms with van der Waals surface area (Å²) in [5.41, 5.74) is 0.382. The van der Waals surface area contributed by atoms with Gasteiger partial charge in [-0.3, -0.25) is 4.79 Å². The number of benzene rings is 1. The van der Waals surface area contributed by atoms with Crippen LogP contribution in [0.15, 0.2) is 35.1 Å². The summed E-state index contributed by atoms with van der Waals surface area (Å²) in [6.07, 6.45) is 0.370. The smallest absolute Gasteiger partial charge is 0.346 e. The molecular weight excluding hydrogens is 346 g/mol. The van der Waals surface area contributed by atoms with E-state index in [-0.39, 0.29) is 17.2 Å². The maximum absolute atomic E-state index is 12.3. The van der Waals surface area contributed by atoms with Crippen LogP contribution in [-0.4, -0.2) is 49.0 Å². The summed E-state index contributed by atoms with van der Waals surface area (Å²) in [5, 5.41) is 2.64. The van der Waals surface area contributed by atoms with Crippen molar-refractivity contribution in [3.63, 3.8) is 0 Å². The van der Waals surface area contributed by atoms with E-state index in [0.717, 1.165) is 0 Å². The van der Waals surface area contributed by atoms with Gasteiger partial charge in [0.25, 0.3) is 5.91 Å². The molecule has 25 heavy (non-hydrogen) atoms. The van der Waals surface area contributed by atoms with Crippen molar-refractivity contribution in [1.82, 2.24) is 15.3 Å². The minimum absolute atomic E-state index is 0.0371. The van der Waals surface area contributed by atoms with Crippen molar-refractivity contribution in [2.24, 2.45) is 0 Å². The van der Waals surface area contributed by atoms with Gasteiger partial charge in [0, 0.05) is 11.6 Å². The highest BCUT2D eigenvalue weighted by molar-refractivity contribution is 7.91. The topological polar surface area (TPSA) is 118 Å². The minimum atomic E-state index is -3.10. The second-order valence-electron chi connectivity index (χ2n) is 5.79. The molecule has 8 nitrogen and oxygen atoms in total. The van der Waals surface area contributed by atoms with Crippen LogP contribution >= 0.6 is 0 Å². The summed E-state index contributed by atoms with van der Waals surface area (Å²) in [6.45, 7) is 0. The van der Waals surface area contributed by atoms with E-state index in [1.807, 2.05) is 0 Å². The van der Waals surface area contributed by atoms with Gasteiger partial charge >= 0.3 is 5.69 Å². The molecule has 2 N–H and O–H groups in total. The molecule has 1 aliphatic heterocycles. The van der Waals surface area contributed by atoms with Crippen molar-refractivity contribution >= 4 is 15.7 Å². The first-order valence-corrected chi connectivity index (χ1v) is 9.45. The van der Waals surface area contributed by atoms with Gasteiger partial charge in [0.2, 0.25) is 0 Å². The van der Waals surface area contributed by atoms with Crippen LogP contribution in [0.5, 0.6) is 5.75 Å². The maximum atomic E-state index is 12.3. The fraction of sp³-hybridized carbons (Fsp3) is 0.312. The highest BCUT2D eigenvalue weighted by Gasteiger charge is 2.29. The number of nitrogens with zero attached hydrogens (tertiary/aromatic N) is 1. The Hall–Kier alpha value is -2.68. The summed E-state index contributed by atoms with van der Waals surface area (Å²) in [7, 11) is -1.55. The molecule has 1 aromatic carbocycles. The summed E-state index contributed by atoms with van der Waals surface area (Å²) < 4.78 is 28.0. The lowest BCUT2D eigenvalue weighted by atomic mass is 10.1. The minimum Gasteiger partial charge on any atom is -0.497 e. The Bertz CT molecular complexity index is 950. The zero-order valence-corrected chi connectivity index (χ0v) is 14.3. The molecule has 0 saturated carbocycles. The van der Waals surface area contributed by atoms with E-state index in [2.05, 4.69) is 15.3 Å². The molecule has 1 atom stereocenters. The molecule has 0 bridgehead atoms. The number of carbonyl (C=O) groups is 1. The van der Waals surface area contributed by atoms with Crippen molar-refractivity contribution in [2.75, 3.05) is 18.6 Å². The molecule has 0 spiro atoms. The fourth-order valence-corrected chi connectivity index (χ4v) is 4.33. The van der Waals surface area contributed by atoms with Gasteiger partial charge in [0.15, 0.2) is 9.84 Å². The van der Waals surface area contributed by atoms with Crippen LogP contribution < -0.4 is 15.7 Å². The quantitative estimate of drug-likeness (QED) is 0.810. The van der Waals surface area contributed by atoms with Crippen LogP contribution in [0.4, 0.5) is 0 Å². The molecule has 1 saturated heterocycles. The van der Waals surface area contributed by atoms with E-state index < -0.39 is 27.5 Å². The molecule has 132 valence electrons. The average Bonchev–Trinajstić information content (AvgIpc) is 2.93. The Morgan fingerprint density at radius 2 is 2.04 bits per heavy atom. The Labute approximate surface area is 144 Å². The number of rotatable bonds is 4. The number of sulfone groups is 1. The predicted molar refractivity (Wildman–Crippen MR) is 91.4 cm³/mol. The lowest BCUT2D eigenvalue weighted by molar-refractivity contribution is 0.0935. The largest absolute Gasteiger partial charge is 0.497 e. The monoisotopic (exact) mass is 363 g/mol. The standard InChI is InChI=1S/C16H17N3O5S/c1-24-12-4-2-10(3-5-12)13-8-14(19-16(21)18-13)15(20)17-11-6-7-25(22,23)9-11/h2-5,8,11H,6-7,9H2,1H3,(H,17,20)(H,18,19,21). The van der Waals surface area contributed by atoms with Crippen LogP contribution in [0.2, 0.25) is 0 Å². The third-order valence-electron chi connectivity index (χ3n) is 3.94. The van der Waals surface area contributed by atoms with Crippen molar-refractivity contribution in [1.29, 1.82) is 0 Å². The van der Waals surface area contributed by atoms with Gasteiger partial charge in [-0.2, -0.15) is 4.98 Å². The molecule has 1 fully saturated rings. The molecule has 9 heteroatoms. The van der Waals surface area contributed by atoms with Crippen molar-refractivity contribution in [3.8, 4) is 17.0 Å². The van der Waals surface area contributed by atoms with Crippen LogP contribution in [0.25, 0.3) is 11.3 Å². The molecular formula is C16H17N3O5S. The molecule has 1 unspecified atom stereocenters. The van der Waals surface area contributed by atoms with Crippen molar-refractivity contribution in [3.05, 3.63) is 46.5 Å². The Balaban J connectivity index is 1.83. The first-order chi connectivity index (χ1) is 11.9. The maximum Gasteiger partial charge on any atom is 0.346 e. The Morgan fingerprint density at radius 1 is 1.32 bits per heavy atom. The van der Waals surface area contributed by atoms with E-state index in [0.29, 0.717) is 23.4 Å². The predicted octanol–water partition coefficient (Wildman–Crippen LogP) is 0.362. The number of nitrogens with one attached hydrogen (secondary N) is 2. The summed E-state index contributed by atoms with van der Waals surface area (Å²) in [5.74, 6) is 0.103. The third kappa shape index (κ3) is 4.05. The van der Waals surface area contributed by atoms with Crippen LogP contribution in [0.3, 0.4) is 0 Å². The number of hydrogen-bond acceptors (Lipinski definition) is 6. The lowest BCUT2D eigenvalue weighted by Crippen LogP contribution is -2.37. The summed E-state index contributed by atoms with van der Waals surface area (Å²) >= 11 is 0. The highest BCUT2D eigenvalue weighted by Crippen LogP contribution is 2.20. The van der Waals surface area contributed by atoms with Gasteiger partial charge in [0.1, 0.15) is 11.4 Å². The van der Waals surface area contributed by atoms with E-state index in [9.17, 15) is 18.0 Å². The molecule has 0 radical (unpaired) electrons. The number of H-pyrrole nitrogens is 1. The van der Waals surface area contributed by atoms with Gasteiger partial charge in [-0.05, 0) is 36.8 Å². The molecule has 1 amide bonds. The average molecular weight is 363 g/mol. The van der Waals surface area contributed by atoms with Gasteiger partial charge in [-0.25, -0.2) is 13.2 Å². The number of methoxy groups -OCH3 is 1. The SMILES string of the molecule is COc1ccc(-c2cc(C(=O)NC3CCS(=O)(=O)C3)[nH]c(=O)n2)cc1. The van der Waals surface area contributed by atoms with Gasteiger partial charge < -0.3 is 15.0 Å². The normalized spacial score (nSPS) is 18.7. The second kappa shape index (κ2) is 6.67. The molecule has 1 aliphatic rings. The van der Waals surface area contributed by atoms with Crippen LogP contribution in [-0.2, 0) is 9.84 Å². The highest BCUT2D eigenvalue weighted by atomic mass is 32.2. The molecule has 3 rings (SSSR count). The van der Waals surface area contributed by atoms with Crippen LogP contribution in [0, 0.1) is 0 Å². The van der Waals surface area contributed by atoms with Gasteiger partial charge in [-0.15, -0.1) is 0 Å². The number of hydrogen-bond donors (Lipinski definition) is 2. The van der Waals surface area contributed by atoms with E-state index in [4.69, 9.17) is 4.74 Å². The first-order valence-electron chi connectivity index (χ1n) is 7.63. The molecule has 2 heterocycles. The number of ether oxygens (including phenoxy) is 1. The van der Waals surface area contributed by atoms with Crippen molar-refractivity contribution < 1.29 is 17.9 Å². The number of aromatic amines is 1. The fourth-order valence-electron chi connectivity index (χ4n) is 2.66. The number of aromatic nitrogens is 2. The molecule has 1 aromatic heterocycles. The zero-order valence-electron chi connectivity index (χ0n) is 13.5. The number of amides is 1. The Kier molecular flexibility index (Phi) is 4.58. The van der Waals surface area contributed by atoms with Crippen molar-refractivity contribution in [2.45, 2.75) is 12.5 Å². The van der Waals surface area contributed by atoms with E-state index in [1.165, 1.54) is 6.07 Å². The number of carbonyl (C=O) groups excluding carboxylic acids is 1. The van der Waals surface area contributed by atoms with E-state index >= 15 is 0 Å². The second-order valence-corrected chi connectivity index (χ2v) is 8.02. The van der Waals surface area contributed by atoms with Gasteiger partial charge in [-0.1, -0.05) is 0 Å². The Morgan fingerprint density at radius 3 is 2.64 bits per heavy atom. The van der Waals surface area contributed by atoms with Crippen LogP contribution in [0.1, 0.15) is 16.9 Å². The zero-order chi connectivity index (χ0) is 18.0. The lowest BCUT2D eigenvalue weighted by Gasteiger charge is -2.11. The molecule has 0 aliphatic carbocycles. The van der Waals surface area contributed by atoms with E-state index in [1.54, 1.807) is 31.4 Å². The third-order valence-corrected chi connectivity index (χ3v) is 5.71. The molecule has 2 aromatic rings. The first kappa shape index (κ1) is 17.2. The summed E-state index contributed by atoms with van der Waals surface area (Å²) in [6, 6.07) is 7.92.